The van der Waals surface area contributed by atoms with Crippen molar-refractivity contribution in [1.82, 2.24) is 26.1 Å². The molecule has 4 aromatic rings. The number of aromatic amines is 1. The Bertz CT molecular complexity index is 2110. The van der Waals surface area contributed by atoms with E-state index in [1.807, 2.05) is 25.2 Å². The Kier molecular flexibility index (Phi) is 15.4. The fourth-order valence-electron chi connectivity index (χ4n) is 6.60. The minimum absolute atomic E-state index is 0.0470. The fraction of sp³-hybridized carbons (Fsp3) is 0.463. The molecule has 336 valence electrons. The van der Waals surface area contributed by atoms with Crippen LogP contribution >= 0.6 is 0 Å². The number of H-pyrrole nitrogens is 1. The van der Waals surface area contributed by atoms with Crippen molar-refractivity contribution in [2.24, 2.45) is 0 Å². The Labute approximate surface area is 355 Å². The quantitative estimate of drug-likeness (QED) is 0.0843. The molecular weight excluding hydrogens is 820 g/mol. The zero-order valence-corrected chi connectivity index (χ0v) is 34.4. The molecule has 1 aromatic heterocycles. The molecule has 7 rings (SSSR count). The van der Waals surface area contributed by atoms with E-state index in [1.54, 1.807) is 36.2 Å². The second kappa shape index (κ2) is 21.3. The first kappa shape index (κ1) is 44.8. The molecule has 2 saturated heterocycles. The maximum absolute atomic E-state index is 13.5. The number of aromatic nitrogens is 1. The van der Waals surface area contributed by atoms with Crippen molar-refractivity contribution >= 4 is 34.1 Å². The third kappa shape index (κ3) is 11.8. The number of halogens is 2. The van der Waals surface area contributed by atoms with Gasteiger partial charge in [-0.25, -0.2) is 13.6 Å². The number of likely N-dealkylation sites (N-methyl/N-ethyl adjacent to an activating group) is 2. The number of nitrogens with zero attached hydrogens (tertiary/aromatic N) is 4. The molecule has 4 N–H and O–H groups in total. The van der Waals surface area contributed by atoms with Gasteiger partial charge < -0.3 is 53.8 Å². The maximum Gasteiger partial charge on any atom is 0.282 e. The molecule has 1 unspecified atom stereocenters. The van der Waals surface area contributed by atoms with Gasteiger partial charge >= 0.3 is 0 Å². The van der Waals surface area contributed by atoms with Gasteiger partial charge in [-0.05, 0) is 54.1 Å². The van der Waals surface area contributed by atoms with Crippen LogP contribution in [0.4, 0.5) is 20.2 Å². The molecule has 2 fully saturated rings. The van der Waals surface area contributed by atoms with Gasteiger partial charge in [0.2, 0.25) is 6.23 Å². The Morgan fingerprint density at radius 1 is 0.871 bits per heavy atom. The zero-order chi connectivity index (χ0) is 43.5. The Morgan fingerprint density at radius 2 is 1.56 bits per heavy atom. The van der Waals surface area contributed by atoms with Crippen molar-refractivity contribution in [1.29, 1.82) is 0 Å². The summed E-state index contributed by atoms with van der Waals surface area (Å²) >= 11 is 0. The van der Waals surface area contributed by atoms with Crippen LogP contribution in [0.2, 0.25) is 0 Å². The molecule has 21 heteroatoms. The first-order valence-corrected chi connectivity index (χ1v) is 20.2. The second-order valence-electron chi connectivity index (χ2n) is 14.6. The number of rotatable bonds is 22. The monoisotopic (exact) mass is 871 g/mol. The van der Waals surface area contributed by atoms with E-state index in [2.05, 4.69) is 20.8 Å². The number of ether oxygens (including phenoxy) is 4. The van der Waals surface area contributed by atoms with Crippen LogP contribution in [0.25, 0.3) is 10.9 Å². The van der Waals surface area contributed by atoms with Gasteiger partial charge in [0.1, 0.15) is 17.3 Å². The van der Waals surface area contributed by atoms with E-state index in [9.17, 15) is 23.5 Å². The van der Waals surface area contributed by atoms with Gasteiger partial charge in [-0.2, -0.15) is 0 Å². The minimum atomic E-state index is -2.18. The van der Waals surface area contributed by atoms with Crippen LogP contribution in [0.5, 0.6) is 11.5 Å². The van der Waals surface area contributed by atoms with E-state index in [-0.39, 0.29) is 31.0 Å². The molecule has 0 spiro atoms. The number of hydrogen-bond acceptors (Lipinski definition) is 16. The summed E-state index contributed by atoms with van der Waals surface area (Å²) in [5, 5.41) is 16.8. The van der Waals surface area contributed by atoms with E-state index in [4.69, 9.17) is 43.1 Å². The highest BCUT2D eigenvalue weighted by Crippen LogP contribution is 2.38. The number of hydroxylamine groups is 3. The topological polar surface area (TPSA) is 190 Å². The van der Waals surface area contributed by atoms with Crippen molar-refractivity contribution in [3.63, 3.8) is 0 Å². The Balaban J connectivity index is 0.709. The molecule has 3 aliphatic rings. The van der Waals surface area contributed by atoms with Gasteiger partial charge in [0.05, 0.1) is 76.9 Å². The standard InChI is InChI=1S/C41H51F2N7O12/c1-47(32-4-6-36-37(26-32)61-50(60-36)38-7-12-58-46-59-38)10-13-54-15-17-56-19-20-57-18-16-55-14-11-48(2)39(51)35-24-29-23-33(3-5-34(29)45-35)49-9-8-41(53,62-49)40(52)44-27-28-21-30(42)25-31(43)22-28/h3-6,21-26,38,45-46,53H,7-20,27H2,1-2H3,(H,44,52)/t38?,41-/m0/s1. The molecule has 0 radical (unpaired) electrons. The van der Waals surface area contributed by atoms with Crippen LogP contribution in [0.1, 0.15) is 28.9 Å². The number of benzene rings is 3. The van der Waals surface area contributed by atoms with Crippen LogP contribution in [0.15, 0.2) is 60.7 Å². The molecule has 3 aromatic carbocycles. The van der Waals surface area contributed by atoms with Crippen LogP contribution in [0.3, 0.4) is 0 Å². The third-order valence-electron chi connectivity index (χ3n) is 10.1. The fourth-order valence-corrected chi connectivity index (χ4v) is 6.60. The molecule has 0 aliphatic carbocycles. The zero-order valence-electron chi connectivity index (χ0n) is 34.4. The van der Waals surface area contributed by atoms with Crippen molar-refractivity contribution in [2.75, 3.05) is 103 Å². The first-order chi connectivity index (χ1) is 30.0. The summed E-state index contributed by atoms with van der Waals surface area (Å²) < 4.78 is 49.6. The molecule has 2 amide bonds. The highest BCUT2D eigenvalue weighted by atomic mass is 19.1. The van der Waals surface area contributed by atoms with Crippen LogP contribution < -0.4 is 30.6 Å². The minimum Gasteiger partial charge on any atom is -0.377 e. The van der Waals surface area contributed by atoms with Crippen molar-refractivity contribution in [3.8, 4) is 11.5 Å². The van der Waals surface area contributed by atoms with E-state index >= 15 is 0 Å². The summed E-state index contributed by atoms with van der Waals surface area (Å²) in [4.78, 5) is 60.0. The molecule has 0 bridgehead atoms. The normalized spacial score (nSPS) is 18.7. The third-order valence-corrected chi connectivity index (χ3v) is 10.1. The predicted molar refractivity (Wildman–Crippen MR) is 216 cm³/mol. The van der Waals surface area contributed by atoms with Gasteiger partial charge in [0.25, 0.3) is 17.6 Å². The number of aliphatic hydroxyl groups is 1. The molecule has 3 aliphatic heterocycles. The van der Waals surface area contributed by atoms with Crippen molar-refractivity contribution in [2.45, 2.75) is 31.4 Å². The van der Waals surface area contributed by atoms with Crippen molar-refractivity contribution < 1.29 is 66.6 Å². The largest absolute Gasteiger partial charge is 0.377 e. The summed E-state index contributed by atoms with van der Waals surface area (Å²) in [5.41, 5.74) is 5.17. The molecule has 2 atom stereocenters. The smallest absolute Gasteiger partial charge is 0.282 e. The lowest BCUT2D eigenvalue weighted by molar-refractivity contribution is -0.376. The second-order valence-corrected chi connectivity index (χ2v) is 14.6. The van der Waals surface area contributed by atoms with Crippen LogP contribution in [0, 0.1) is 11.6 Å². The summed E-state index contributed by atoms with van der Waals surface area (Å²) in [5.74, 6) is -3.59. The molecular formula is C41H51F2N7O12. The number of hydrogen-bond donors (Lipinski definition) is 4. The van der Waals surface area contributed by atoms with E-state index in [0.29, 0.717) is 107 Å². The highest BCUT2D eigenvalue weighted by Gasteiger charge is 2.45. The lowest BCUT2D eigenvalue weighted by Gasteiger charge is -2.26. The number of amides is 2. The van der Waals surface area contributed by atoms with Gasteiger partial charge in [-0.15, -0.1) is 0 Å². The average Bonchev–Trinajstić information content (AvgIpc) is 4.02. The maximum atomic E-state index is 13.5. The molecule has 4 heterocycles. The number of carbonyl (C=O) groups excluding carboxylic acids is 2. The van der Waals surface area contributed by atoms with Crippen LogP contribution in [-0.2, 0) is 44.8 Å². The summed E-state index contributed by atoms with van der Waals surface area (Å²) in [7, 11) is 3.65. The van der Waals surface area contributed by atoms with Crippen molar-refractivity contribution in [3.05, 3.63) is 83.6 Å². The number of anilines is 2. The SMILES string of the molecule is CN(CCOCCOCCOCCOCCN(C)c1ccc2c(c1)ON(C1CCONO1)O2)C(=O)c1cc2cc(N3CC[C@@](O)(C(=O)NCc4cc(F)cc(F)c4)O3)ccc2[nH]1. The van der Waals surface area contributed by atoms with Gasteiger partial charge in [0.15, 0.2) is 11.5 Å². The molecule has 19 nitrogen and oxygen atoms in total. The highest BCUT2D eigenvalue weighted by molar-refractivity contribution is 5.98. The molecule has 0 saturated carbocycles. The summed E-state index contributed by atoms with van der Waals surface area (Å²) in [6.45, 7) is 4.78. The van der Waals surface area contributed by atoms with E-state index < -0.39 is 29.6 Å². The first-order valence-electron chi connectivity index (χ1n) is 20.2. The van der Waals surface area contributed by atoms with Gasteiger partial charge in [-0.3, -0.25) is 24.3 Å². The molecule has 62 heavy (non-hydrogen) atoms. The lowest BCUT2D eigenvalue weighted by atomic mass is 10.1. The Hall–Kier alpha value is -5.20. The summed E-state index contributed by atoms with van der Waals surface area (Å²) in [6, 6.07) is 15.6. The lowest BCUT2D eigenvalue weighted by Crippen LogP contribution is -2.47. The summed E-state index contributed by atoms with van der Waals surface area (Å²) in [6.07, 6.45) is 0.101. The van der Waals surface area contributed by atoms with Gasteiger partial charge in [0, 0.05) is 75.3 Å². The van der Waals surface area contributed by atoms with Crippen LogP contribution in [-0.4, -0.2) is 137 Å². The number of carbonyl (C=O) groups is 2. The number of fused-ring (bicyclic) bond motifs is 2. The average molecular weight is 872 g/mol. The van der Waals surface area contributed by atoms with Gasteiger partial charge in [-0.1, -0.05) is 5.64 Å². The van der Waals surface area contributed by atoms with E-state index in [1.165, 1.54) is 10.3 Å². The predicted octanol–water partition coefficient (Wildman–Crippen LogP) is 2.95. The Morgan fingerprint density at radius 3 is 2.27 bits per heavy atom. The van der Waals surface area contributed by atoms with E-state index in [0.717, 1.165) is 29.3 Å². The number of nitrogens with one attached hydrogen (secondary N) is 3.